The minimum Gasteiger partial charge on any atom is -0.395 e. The fourth-order valence-electron chi connectivity index (χ4n) is 1.31. The summed E-state index contributed by atoms with van der Waals surface area (Å²) in [5, 5.41) is 19.4. The van der Waals surface area contributed by atoms with Crippen molar-refractivity contribution in [1.29, 1.82) is 0 Å². The summed E-state index contributed by atoms with van der Waals surface area (Å²) in [4.78, 5) is 12.1. The number of benzene rings is 1. The van der Waals surface area contributed by atoms with Gasteiger partial charge in [0.2, 0.25) is 0 Å². The quantitative estimate of drug-likeness (QED) is 0.601. The second-order valence-corrected chi connectivity index (χ2v) is 3.37. The van der Waals surface area contributed by atoms with Crippen molar-refractivity contribution < 1.29 is 10.0 Å². The first-order valence-corrected chi connectivity index (χ1v) is 4.63. The molecule has 1 rings (SSSR count). The molecular formula is C10H14N2O3. The maximum absolute atomic E-state index is 10.7. The van der Waals surface area contributed by atoms with Gasteiger partial charge in [-0.25, -0.2) is 0 Å². The summed E-state index contributed by atoms with van der Waals surface area (Å²) in [5.74, 6) is 0. The number of aliphatic hydroxyl groups is 1. The zero-order valence-corrected chi connectivity index (χ0v) is 8.80. The van der Waals surface area contributed by atoms with Crippen LogP contribution in [-0.4, -0.2) is 30.2 Å². The lowest BCUT2D eigenvalue weighted by molar-refractivity contribution is -0.385. The fourth-order valence-corrected chi connectivity index (χ4v) is 1.31. The fraction of sp³-hybridized carbons (Fsp3) is 0.400. The topological polar surface area (TPSA) is 66.6 Å². The van der Waals surface area contributed by atoms with E-state index in [1.807, 2.05) is 0 Å². The van der Waals surface area contributed by atoms with Gasteiger partial charge in [-0.1, -0.05) is 6.07 Å². The van der Waals surface area contributed by atoms with Crippen LogP contribution in [0.2, 0.25) is 0 Å². The number of aryl methyl sites for hydroxylation is 1. The Morgan fingerprint density at radius 1 is 1.53 bits per heavy atom. The number of nitro benzene ring substituents is 1. The van der Waals surface area contributed by atoms with Gasteiger partial charge in [0.05, 0.1) is 11.5 Å². The minimum absolute atomic E-state index is 0.0260. The number of likely N-dealkylation sites (N-methyl/N-ethyl adjacent to an activating group) is 1. The number of aliphatic hydroxyl groups excluding tert-OH is 1. The van der Waals surface area contributed by atoms with E-state index in [0.29, 0.717) is 12.1 Å². The molecule has 0 saturated carbocycles. The van der Waals surface area contributed by atoms with Crippen molar-refractivity contribution in [2.24, 2.45) is 0 Å². The molecule has 1 N–H and O–H groups in total. The van der Waals surface area contributed by atoms with Crippen molar-refractivity contribution in [1.82, 2.24) is 0 Å². The van der Waals surface area contributed by atoms with Crippen molar-refractivity contribution >= 4 is 11.4 Å². The number of rotatable bonds is 4. The monoisotopic (exact) mass is 210 g/mol. The van der Waals surface area contributed by atoms with Crippen LogP contribution in [0.4, 0.5) is 11.4 Å². The zero-order valence-electron chi connectivity index (χ0n) is 8.80. The van der Waals surface area contributed by atoms with Gasteiger partial charge in [0.25, 0.3) is 5.69 Å². The van der Waals surface area contributed by atoms with E-state index in [1.54, 1.807) is 31.0 Å². The van der Waals surface area contributed by atoms with Crippen LogP contribution < -0.4 is 4.90 Å². The lowest BCUT2D eigenvalue weighted by atomic mass is 10.2. The number of hydrogen-bond acceptors (Lipinski definition) is 4. The summed E-state index contributed by atoms with van der Waals surface area (Å²) >= 11 is 0. The summed E-state index contributed by atoms with van der Waals surface area (Å²) in [5.41, 5.74) is 1.49. The highest BCUT2D eigenvalue weighted by Crippen LogP contribution is 2.24. The van der Waals surface area contributed by atoms with Crippen LogP contribution in [0.3, 0.4) is 0 Å². The predicted molar refractivity (Wildman–Crippen MR) is 58.2 cm³/mol. The van der Waals surface area contributed by atoms with Crippen LogP contribution in [0.15, 0.2) is 18.2 Å². The molecule has 0 bridgehead atoms. The average molecular weight is 210 g/mol. The van der Waals surface area contributed by atoms with Gasteiger partial charge in [-0.3, -0.25) is 10.1 Å². The van der Waals surface area contributed by atoms with Crippen molar-refractivity contribution in [3.8, 4) is 0 Å². The van der Waals surface area contributed by atoms with E-state index < -0.39 is 4.92 Å². The van der Waals surface area contributed by atoms with Gasteiger partial charge < -0.3 is 10.0 Å². The Bertz CT molecular complexity index is 366. The van der Waals surface area contributed by atoms with Gasteiger partial charge in [0.1, 0.15) is 0 Å². The Morgan fingerprint density at radius 2 is 2.20 bits per heavy atom. The Morgan fingerprint density at radius 3 is 2.73 bits per heavy atom. The number of nitrogens with zero attached hydrogens (tertiary/aromatic N) is 2. The average Bonchev–Trinajstić information content (AvgIpc) is 2.18. The van der Waals surface area contributed by atoms with Crippen LogP contribution in [-0.2, 0) is 0 Å². The molecule has 5 heteroatoms. The standard InChI is InChI=1S/C10H14N2O3/c1-8-3-4-9(11(2)5-6-13)7-10(8)12(14)15/h3-4,7,13H,5-6H2,1-2H3. The molecule has 0 saturated heterocycles. The molecule has 0 aliphatic carbocycles. The molecule has 0 aromatic heterocycles. The molecule has 0 radical (unpaired) electrons. The van der Waals surface area contributed by atoms with Crippen molar-refractivity contribution in [2.45, 2.75) is 6.92 Å². The molecule has 15 heavy (non-hydrogen) atoms. The molecule has 0 spiro atoms. The lowest BCUT2D eigenvalue weighted by Gasteiger charge is -2.17. The summed E-state index contributed by atoms with van der Waals surface area (Å²) in [6.07, 6.45) is 0. The first-order valence-electron chi connectivity index (χ1n) is 4.63. The van der Waals surface area contributed by atoms with Gasteiger partial charge in [-0.15, -0.1) is 0 Å². The van der Waals surface area contributed by atoms with Gasteiger partial charge in [-0.2, -0.15) is 0 Å². The number of hydrogen-bond donors (Lipinski definition) is 1. The molecule has 1 aromatic rings. The predicted octanol–water partition coefficient (Wildman–Crippen LogP) is 1.33. The molecule has 0 unspecified atom stereocenters. The van der Waals surface area contributed by atoms with E-state index >= 15 is 0 Å². The molecule has 1 aromatic carbocycles. The van der Waals surface area contributed by atoms with Crippen molar-refractivity contribution in [3.05, 3.63) is 33.9 Å². The van der Waals surface area contributed by atoms with Gasteiger partial charge in [-0.05, 0) is 13.0 Å². The molecule has 0 atom stereocenters. The van der Waals surface area contributed by atoms with Crippen molar-refractivity contribution in [3.63, 3.8) is 0 Å². The van der Waals surface area contributed by atoms with Crippen molar-refractivity contribution in [2.75, 3.05) is 25.1 Å². The normalized spacial score (nSPS) is 10.1. The van der Waals surface area contributed by atoms with E-state index in [9.17, 15) is 10.1 Å². The third-order valence-electron chi connectivity index (χ3n) is 2.27. The Balaban J connectivity index is 3.02. The minimum atomic E-state index is -0.397. The second-order valence-electron chi connectivity index (χ2n) is 3.37. The van der Waals surface area contributed by atoms with Gasteiger partial charge in [0.15, 0.2) is 0 Å². The van der Waals surface area contributed by atoms with E-state index in [2.05, 4.69) is 0 Å². The molecular weight excluding hydrogens is 196 g/mol. The van der Waals surface area contributed by atoms with E-state index in [0.717, 1.165) is 5.69 Å². The molecule has 0 amide bonds. The largest absolute Gasteiger partial charge is 0.395 e. The van der Waals surface area contributed by atoms with Crippen LogP contribution in [0.1, 0.15) is 5.56 Å². The van der Waals surface area contributed by atoms with Crippen LogP contribution >= 0.6 is 0 Å². The van der Waals surface area contributed by atoms with E-state index in [-0.39, 0.29) is 12.3 Å². The summed E-state index contributed by atoms with van der Waals surface area (Å²) in [6, 6.07) is 5.03. The third-order valence-corrected chi connectivity index (χ3v) is 2.27. The molecule has 0 heterocycles. The van der Waals surface area contributed by atoms with Gasteiger partial charge >= 0.3 is 0 Å². The second kappa shape index (κ2) is 4.75. The highest BCUT2D eigenvalue weighted by molar-refractivity contribution is 5.56. The number of nitro groups is 1. The third kappa shape index (κ3) is 2.66. The maximum Gasteiger partial charge on any atom is 0.274 e. The van der Waals surface area contributed by atoms with Crippen LogP contribution in [0.5, 0.6) is 0 Å². The zero-order chi connectivity index (χ0) is 11.4. The SMILES string of the molecule is Cc1ccc(N(C)CCO)cc1[N+](=O)[O-]. The Hall–Kier alpha value is -1.62. The van der Waals surface area contributed by atoms with Crippen LogP contribution in [0.25, 0.3) is 0 Å². The first kappa shape index (κ1) is 11.5. The molecule has 0 aliphatic heterocycles. The lowest BCUT2D eigenvalue weighted by Crippen LogP contribution is -2.21. The summed E-state index contributed by atoms with van der Waals surface area (Å²) in [6.45, 7) is 2.19. The van der Waals surface area contributed by atoms with Crippen LogP contribution in [0, 0.1) is 17.0 Å². The maximum atomic E-state index is 10.7. The molecule has 0 fully saturated rings. The Kier molecular flexibility index (Phi) is 3.62. The highest BCUT2D eigenvalue weighted by Gasteiger charge is 2.12. The smallest absolute Gasteiger partial charge is 0.274 e. The van der Waals surface area contributed by atoms with Gasteiger partial charge in [0, 0.05) is 30.9 Å². The number of anilines is 1. The summed E-state index contributed by atoms with van der Waals surface area (Å²) < 4.78 is 0. The van der Waals surface area contributed by atoms with E-state index in [4.69, 9.17) is 5.11 Å². The summed E-state index contributed by atoms with van der Waals surface area (Å²) in [7, 11) is 1.78. The molecule has 5 nitrogen and oxygen atoms in total. The highest BCUT2D eigenvalue weighted by atomic mass is 16.6. The molecule has 82 valence electrons. The Labute approximate surface area is 88.1 Å². The molecule has 0 aliphatic rings. The van der Waals surface area contributed by atoms with E-state index in [1.165, 1.54) is 6.07 Å². The first-order chi connectivity index (χ1) is 7.06.